The van der Waals surface area contributed by atoms with Gasteiger partial charge in [-0.2, -0.15) is 0 Å². The van der Waals surface area contributed by atoms with Crippen LogP contribution in [-0.4, -0.2) is 9.97 Å². The Kier molecular flexibility index (Phi) is 3.61. The minimum absolute atomic E-state index is 0.218. The molecule has 0 aliphatic heterocycles. The monoisotopic (exact) mass is 376 g/mol. The molecule has 24 heavy (non-hydrogen) atoms. The molecule has 4 aromatic rings. The lowest BCUT2D eigenvalue weighted by Crippen LogP contribution is -2.03. The van der Waals surface area contributed by atoms with Crippen molar-refractivity contribution in [3.8, 4) is 11.3 Å². The maximum Gasteiger partial charge on any atom is 0.249 e. The number of hydrogen-bond acceptors (Lipinski definition) is 1. The third kappa shape index (κ3) is 2.32. The van der Waals surface area contributed by atoms with Gasteiger partial charge in [0.2, 0.25) is 5.56 Å². The number of fused-ring (bicyclic) bond motifs is 3. The second kappa shape index (κ2) is 5.55. The quantitative estimate of drug-likeness (QED) is 0.423. The molecule has 2 N–H and O–H groups in total. The van der Waals surface area contributed by atoms with Gasteiger partial charge in [-0.1, -0.05) is 40.9 Å². The maximum absolute atomic E-state index is 11.6. The SMILES string of the molecule is Cc1c(-c2ccc(Cl)c(Cl)c2)[nH]c2ccc3[nH]c(=O)cc(Cl)c3c12. The average Bonchev–Trinajstić information content (AvgIpc) is 2.87. The molecule has 0 aliphatic carbocycles. The van der Waals surface area contributed by atoms with E-state index in [2.05, 4.69) is 9.97 Å². The lowest BCUT2D eigenvalue weighted by molar-refractivity contribution is 1.31. The van der Waals surface area contributed by atoms with Gasteiger partial charge in [0, 0.05) is 28.0 Å². The first kappa shape index (κ1) is 15.6. The molecule has 0 atom stereocenters. The summed E-state index contributed by atoms with van der Waals surface area (Å²) in [4.78, 5) is 17.9. The Labute approximate surface area is 152 Å². The molecular weight excluding hydrogens is 367 g/mol. The van der Waals surface area contributed by atoms with Crippen LogP contribution < -0.4 is 5.56 Å². The highest BCUT2D eigenvalue weighted by atomic mass is 35.5. The van der Waals surface area contributed by atoms with Crippen molar-refractivity contribution >= 4 is 56.6 Å². The average molecular weight is 378 g/mol. The molecule has 0 saturated carbocycles. The predicted octanol–water partition coefficient (Wildman–Crippen LogP) is 5.95. The molecular formula is C18H11Cl3N2O. The topological polar surface area (TPSA) is 48.6 Å². The van der Waals surface area contributed by atoms with Crippen molar-refractivity contribution in [3.05, 3.63) is 67.4 Å². The fourth-order valence-corrected chi connectivity index (χ4v) is 3.69. The minimum atomic E-state index is -0.218. The highest BCUT2D eigenvalue weighted by molar-refractivity contribution is 6.42. The number of rotatable bonds is 1. The first-order valence-corrected chi connectivity index (χ1v) is 8.38. The third-order valence-corrected chi connectivity index (χ3v) is 5.21. The minimum Gasteiger partial charge on any atom is -0.354 e. The molecule has 6 heteroatoms. The van der Waals surface area contributed by atoms with Gasteiger partial charge >= 0.3 is 0 Å². The van der Waals surface area contributed by atoms with E-state index in [9.17, 15) is 4.79 Å². The maximum atomic E-state index is 11.6. The first-order chi connectivity index (χ1) is 11.5. The second-order valence-electron chi connectivity index (χ2n) is 5.65. The second-order valence-corrected chi connectivity index (χ2v) is 6.87. The van der Waals surface area contributed by atoms with Crippen LogP contribution >= 0.6 is 34.8 Å². The zero-order valence-electron chi connectivity index (χ0n) is 12.5. The molecule has 0 aliphatic rings. The molecule has 0 unspecified atom stereocenters. The summed E-state index contributed by atoms with van der Waals surface area (Å²) >= 11 is 18.5. The summed E-state index contributed by atoms with van der Waals surface area (Å²) in [5.41, 5.74) is 4.34. The van der Waals surface area contributed by atoms with Crippen LogP contribution in [0.3, 0.4) is 0 Å². The van der Waals surface area contributed by atoms with Crippen LogP contribution in [0, 0.1) is 6.92 Å². The van der Waals surface area contributed by atoms with Crippen LogP contribution in [0.25, 0.3) is 33.1 Å². The fourth-order valence-electron chi connectivity index (χ4n) is 3.10. The number of benzene rings is 2. The van der Waals surface area contributed by atoms with Crippen molar-refractivity contribution in [2.45, 2.75) is 6.92 Å². The van der Waals surface area contributed by atoms with Gasteiger partial charge in [-0.15, -0.1) is 0 Å². The Hall–Kier alpha value is -1.94. The molecule has 0 amide bonds. The van der Waals surface area contributed by atoms with E-state index < -0.39 is 0 Å². The summed E-state index contributed by atoms with van der Waals surface area (Å²) in [5, 5.41) is 3.26. The molecule has 120 valence electrons. The molecule has 0 bridgehead atoms. The Balaban J connectivity index is 2.09. The van der Waals surface area contributed by atoms with E-state index in [0.717, 1.165) is 33.1 Å². The smallest absolute Gasteiger partial charge is 0.249 e. The number of pyridine rings is 1. The van der Waals surface area contributed by atoms with E-state index in [4.69, 9.17) is 34.8 Å². The van der Waals surface area contributed by atoms with Crippen LogP contribution in [0.4, 0.5) is 0 Å². The zero-order chi connectivity index (χ0) is 17.0. The van der Waals surface area contributed by atoms with E-state index >= 15 is 0 Å². The largest absolute Gasteiger partial charge is 0.354 e. The number of hydrogen-bond donors (Lipinski definition) is 2. The Morgan fingerprint density at radius 1 is 0.792 bits per heavy atom. The highest BCUT2D eigenvalue weighted by Crippen LogP contribution is 2.37. The van der Waals surface area contributed by atoms with Crippen molar-refractivity contribution in [2.75, 3.05) is 0 Å². The molecule has 2 heterocycles. The van der Waals surface area contributed by atoms with Crippen LogP contribution in [-0.2, 0) is 0 Å². The van der Waals surface area contributed by atoms with Gasteiger partial charge in [-0.25, -0.2) is 0 Å². The summed E-state index contributed by atoms with van der Waals surface area (Å²) in [6.07, 6.45) is 0. The number of aromatic amines is 2. The summed E-state index contributed by atoms with van der Waals surface area (Å²) < 4.78 is 0. The summed E-state index contributed by atoms with van der Waals surface area (Å²) in [5.74, 6) is 0. The summed E-state index contributed by atoms with van der Waals surface area (Å²) in [6.45, 7) is 2.01. The van der Waals surface area contributed by atoms with Crippen molar-refractivity contribution in [1.82, 2.24) is 9.97 Å². The van der Waals surface area contributed by atoms with Gasteiger partial charge in [-0.3, -0.25) is 4.79 Å². The number of nitrogens with one attached hydrogen (secondary N) is 2. The van der Waals surface area contributed by atoms with Gasteiger partial charge in [0.25, 0.3) is 0 Å². The molecule has 0 fully saturated rings. The first-order valence-electron chi connectivity index (χ1n) is 7.25. The van der Waals surface area contributed by atoms with Crippen LogP contribution in [0.15, 0.2) is 41.2 Å². The molecule has 3 nitrogen and oxygen atoms in total. The number of H-pyrrole nitrogens is 2. The van der Waals surface area contributed by atoms with Crippen molar-refractivity contribution in [3.63, 3.8) is 0 Å². The Bertz CT molecular complexity index is 1170. The summed E-state index contributed by atoms with van der Waals surface area (Å²) in [7, 11) is 0. The van der Waals surface area contributed by atoms with E-state index in [1.165, 1.54) is 6.07 Å². The Morgan fingerprint density at radius 3 is 2.21 bits per heavy atom. The molecule has 2 aromatic heterocycles. The molecule has 4 rings (SSSR count). The van der Waals surface area contributed by atoms with Crippen molar-refractivity contribution in [2.24, 2.45) is 0 Å². The van der Waals surface area contributed by atoms with Gasteiger partial charge < -0.3 is 9.97 Å². The number of halogens is 3. The van der Waals surface area contributed by atoms with Gasteiger partial charge in [0.1, 0.15) is 0 Å². The molecule has 0 saturated heterocycles. The predicted molar refractivity (Wildman–Crippen MR) is 102 cm³/mol. The van der Waals surface area contributed by atoms with Crippen LogP contribution in [0.1, 0.15) is 5.56 Å². The van der Waals surface area contributed by atoms with E-state index in [-0.39, 0.29) is 5.56 Å². The van der Waals surface area contributed by atoms with Gasteiger partial charge in [0.05, 0.1) is 20.6 Å². The van der Waals surface area contributed by atoms with Crippen LogP contribution in [0.2, 0.25) is 15.1 Å². The van der Waals surface area contributed by atoms with E-state index in [1.807, 2.05) is 31.2 Å². The highest BCUT2D eigenvalue weighted by Gasteiger charge is 2.15. The number of aryl methyl sites for hydroxylation is 1. The van der Waals surface area contributed by atoms with Gasteiger partial charge in [-0.05, 0) is 42.3 Å². The molecule has 0 spiro atoms. The van der Waals surface area contributed by atoms with Crippen molar-refractivity contribution < 1.29 is 0 Å². The Morgan fingerprint density at radius 2 is 1.50 bits per heavy atom. The lowest BCUT2D eigenvalue weighted by Gasteiger charge is -2.04. The van der Waals surface area contributed by atoms with E-state index in [1.54, 1.807) is 6.07 Å². The van der Waals surface area contributed by atoms with Crippen LogP contribution in [0.5, 0.6) is 0 Å². The van der Waals surface area contributed by atoms with E-state index in [0.29, 0.717) is 20.6 Å². The van der Waals surface area contributed by atoms with Crippen molar-refractivity contribution in [1.29, 1.82) is 0 Å². The molecule has 2 aromatic carbocycles. The zero-order valence-corrected chi connectivity index (χ0v) is 14.8. The summed E-state index contributed by atoms with van der Waals surface area (Å²) in [6, 6.07) is 10.7. The van der Waals surface area contributed by atoms with Gasteiger partial charge in [0.15, 0.2) is 0 Å². The lowest BCUT2D eigenvalue weighted by atomic mass is 10.0. The number of aromatic nitrogens is 2. The fraction of sp³-hybridized carbons (Fsp3) is 0.0556. The standard InChI is InChI=1S/C18H11Cl3N2O/c1-8-16-13(4-5-14-17(16)12(21)7-15(24)22-14)23-18(8)9-2-3-10(19)11(20)6-9/h2-7,23H,1H3,(H,22,24). The third-order valence-electron chi connectivity index (χ3n) is 4.18. The normalized spacial score (nSPS) is 11.5. The molecule has 0 radical (unpaired) electrons.